The second kappa shape index (κ2) is 12.5. The summed E-state index contributed by atoms with van der Waals surface area (Å²) in [4.78, 5) is 16.0. The quantitative estimate of drug-likeness (QED) is 0.354. The van der Waals surface area contributed by atoms with E-state index in [4.69, 9.17) is 14.2 Å². The molecule has 0 heterocycles. The van der Waals surface area contributed by atoms with Gasteiger partial charge in [-0.2, -0.15) is 0 Å². The highest BCUT2D eigenvalue weighted by atomic mass is 16.5. The van der Waals surface area contributed by atoms with Crippen molar-refractivity contribution in [3.63, 3.8) is 0 Å². The second-order valence-electron chi connectivity index (χ2n) is 6.94. The molecule has 0 aliphatic carbocycles. The molecule has 0 saturated carbocycles. The molecule has 2 aromatic carbocycles. The van der Waals surface area contributed by atoms with Gasteiger partial charge in [-0.3, -0.25) is 4.99 Å². The van der Waals surface area contributed by atoms with Gasteiger partial charge in [0.15, 0.2) is 5.96 Å². The largest absolute Gasteiger partial charge is 0.496 e. The van der Waals surface area contributed by atoms with E-state index in [-0.39, 0.29) is 0 Å². The Morgan fingerprint density at radius 3 is 2.50 bits per heavy atom. The second-order valence-corrected chi connectivity index (χ2v) is 6.94. The van der Waals surface area contributed by atoms with Crippen LogP contribution in [0.1, 0.15) is 28.4 Å². The van der Waals surface area contributed by atoms with Crippen molar-refractivity contribution in [2.75, 3.05) is 34.4 Å². The number of aliphatic imine (C=N–C) groups is 1. The third-order valence-corrected chi connectivity index (χ3v) is 4.49. The number of esters is 1. The van der Waals surface area contributed by atoms with Crippen LogP contribution < -0.4 is 15.4 Å². The summed E-state index contributed by atoms with van der Waals surface area (Å²) in [5.41, 5.74) is 2.53. The molecule has 0 aromatic heterocycles. The van der Waals surface area contributed by atoms with Crippen LogP contribution >= 0.6 is 0 Å². The van der Waals surface area contributed by atoms with E-state index in [9.17, 15) is 4.79 Å². The third kappa shape index (κ3) is 7.40. The Kier molecular flexibility index (Phi) is 9.67. The van der Waals surface area contributed by atoms with E-state index in [1.807, 2.05) is 30.3 Å². The monoisotopic (exact) mass is 413 g/mol. The number of hydrogen-bond donors (Lipinski definition) is 2. The van der Waals surface area contributed by atoms with Gasteiger partial charge in [0.05, 0.1) is 27.4 Å². The number of methoxy groups -OCH3 is 2. The van der Waals surface area contributed by atoms with Crippen molar-refractivity contribution in [1.82, 2.24) is 10.6 Å². The predicted octanol–water partition coefficient (Wildman–Crippen LogP) is 3.00. The standard InChI is InChI=1S/C23H31N3O4/c1-17(15-30-16-18-8-6-5-7-9-18)13-25-23(24-2)26-14-19-10-11-20(22(27)29-4)21(12-19)28-3/h5-12,17H,13-16H2,1-4H3,(H2,24,25,26). The van der Waals surface area contributed by atoms with Crippen LogP contribution in [-0.4, -0.2) is 46.3 Å². The molecule has 30 heavy (non-hydrogen) atoms. The highest BCUT2D eigenvalue weighted by Gasteiger charge is 2.13. The predicted molar refractivity (Wildman–Crippen MR) is 118 cm³/mol. The summed E-state index contributed by atoms with van der Waals surface area (Å²) in [5, 5.41) is 6.57. The zero-order valence-corrected chi connectivity index (χ0v) is 18.1. The molecule has 0 radical (unpaired) electrons. The van der Waals surface area contributed by atoms with Gasteiger partial charge in [0.25, 0.3) is 0 Å². The van der Waals surface area contributed by atoms with Crippen molar-refractivity contribution in [1.29, 1.82) is 0 Å². The molecule has 7 heteroatoms. The molecule has 1 atom stereocenters. The summed E-state index contributed by atoms with van der Waals surface area (Å²) in [5.74, 6) is 1.08. The summed E-state index contributed by atoms with van der Waals surface area (Å²) < 4.78 is 15.9. The number of rotatable bonds is 10. The van der Waals surface area contributed by atoms with Gasteiger partial charge in [-0.05, 0) is 29.2 Å². The average Bonchev–Trinajstić information content (AvgIpc) is 2.79. The van der Waals surface area contributed by atoms with Crippen LogP contribution in [0, 0.1) is 5.92 Å². The molecule has 0 bridgehead atoms. The minimum absolute atomic E-state index is 0.326. The Morgan fingerprint density at radius 1 is 1.07 bits per heavy atom. The van der Waals surface area contributed by atoms with Crippen molar-refractivity contribution in [3.8, 4) is 5.75 Å². The molecule has 0 saturated heterocycles. The zero-order chi connectivity index (χ0) is 21.8. The fourth-order valence-corrected chi connectivity index (χ4v) is 2.81. The maximum atomic E-state index is 11.8. The molecule has 2 rings (SSSR count). The zero-order valence-electron chi connectivity index (χ0n) is 18.1. The molecule has 0 amide bonds. The maximum Gasteiger partial charge on any atom is 0.341 e. The molecule has 7 nitrogen and oxygen atoms in total. The van der Waals surface area contributed by atoms with Crippen LogP contribution in [0.25, 0.3) is 0 Å². The lowest BCUT2D eigenvalue weighted by Crippen LogP contribution is -2.39. The molecule has 0 aliphatic rings. The van der Waals surface area contributed by atoms with Crippen LogP contribution in [0.5, 0.6) is 5.75 Å². The first kappa shape index (κ1) is 23.2. The SMILES string of the molecule is CN=C(NCc1ccc(C(=O)OC)c(OC)c1)NCC(C)COCc1ccccc1. The van der Waals surface area contributed by atoms with E-state index >= 15 is 0 Å². The fourth-order valence-electron chi connectivity index (χ4n) is 2.81. The average molecular weight is 414 g/mol. The van der Waals surface area contributed by atoms with Crippen molar-refractivity contribution >= 4 is 11.9 Å². The molecule has 162 valence electrons. The Labute approximate surface area is 178 Å². The molecule has 0 aliphatic heterocycles. The number of nitrogens with zero attached hydrogens (tertiary/aromatic N) is 1. The number of guanidine groups is 1. The van der Waals surface area contributed by atoms with Gasteiger partial charge in [-0.25, -0.2) is 4.79 Å². The van der Waals surface area contributed by atoms with E-state index in [0.29, 0.717) is 42.9 Å². The van der Waals surface area contributed by atoms with Gasteiger partial charge >= 0.3 is 5.97 Å². The Morgan fingerprint density at radius 2 is 1.83 bits per heavy atom. The third-order valence-electron chi connectivity index (χ3n) is 4.49. The van der Waals surface area contributed by atoms with Gasteiger partial charge < -0.3 is 24.8 Å². The van der Waals surface area contributed by atoms with Crippen molar-refractivity contribution in [2.24, 2.45) is 10.9 Å². The summed E-state index contributed by atoms with van der Waals surface area (Å²) in [6.45, 7) is 4.67. The smallest absolute Gasteiger partial charge is 0.341 e. The van der Waals surface area contributed by atoms with Crippen LogP contribution in [0.3, 0.4) is 0 Å². The van der Waals surface area contributed by atoms with Gasteiger partial charge in [0, 0.05) is 20.1 Å². The van der Waals surface area contributed by atoms with Crippen LogP contribution in [0.2, 0.25) is 0 Å². The van der Waals surface area contributed by atoms with Crippen molar-refractivity contribution in [2.45, 2.75) is 20.1 Å². The van der Waals surface area contributed by atoms with Crippen molar-refractivity contribution < 1.29 is 19.0 Å². The van der Waals surface area contributed by atoms with E-state index in [0.717, 1.165) is 12.1 Å². The maximum absolute atomic E-state index is 11.8. The minimum atomic E-state index is -0.424. The van der Waals surface area contributed by atoms with Crippen LogP contribution in [-0.2, 0) is 22.6 Å². The fraction of sp³-hybridized carbons (Fsp3) is 0.391. The molecule has 2 N–H and O–H groups in total. The van der Waals surface area contributed by atoms with E-state index in [1.54, 1.807) is 13.1 Å². The van der Waals surface area contributed by atoms with E-state index in [1.165, 1.54) is 19.8 Å². The molecular weight excluding hydrogens is 382 g/mol. The minimum Gasteiger partial charge on any atom is -0.496 e. The number of hydrogen-bond acceptors (Lipinski definition) is 5. The number of nitrogens with one attached hydrogen (secondary N) is 2. The van der Waals surface area contributed by atoms with E-state index < -0.39 is 5.97 Å². The normalized spacial score (nSPS) is 12.2. The summed E-state index contributed by atoms with van der Waals surface area (Å²) in [6, 6.07) is 15.5. The molecule has 1 unspecified atom stereocenters. The number of carbonyl (C=O) groups is 1. The molecule has 2 aromatic rings. The first-order valence-corrected chi connectivity index (χ1v) is 9.88. The molecule has 0 spiro atoms. The highest BCUT2D eigenvalue weighted by Crippen LogP contribution is 2.21. The highest BCUT2D eigenvalue weighted by molar-refractivity contribution is 5.92. The van der Waals surface area contributed by atoms with Crippen molar-refractivity contribution in [3.05, 3.63) is 65.2 Å². The summed E-state index contributed by atoms with van der Waals surface area (Å²) in [6.07, 6.45) is 0. The first-order valence-electron chi connectivity index (χ1n) is 9.88. The van der Waals surface area contributed by atoms with Gasteiger partial charge in [0.2, 0.25) is 0 Å². The Hall–Kier alpha value is -3.06. The molecular formula is C23H31N3O4. The summed E-state index contributed by atoms with van der Waals surface area (Å²) >= 11 is 0. The number of benzene rings is 2. The number of ether oxygens (including phenoxy) is 3. The lowest BCUT2D eigenvalue weighted by molar-refractivity contribution is 0.0597. The first-order chi connectivity index (χ1) is 14.6. The Bertz CT molecular complexity index is 824. The Balaban J connectivity index is 1.77. The lowest BCUT2D eigenvalue weighted by Gasteiger charge is -2.17. The molecule has 0 fully saturated rings. The topological polar surface area (TPSA) is 81.2 Å². The number of carbonyl (C=O) groups excluding carboxylic acids is 1. The van der Waals surface area contributed by atoms with Gasteiger partial charge in [0.1, 0.15) is 11.3 Å². The van der Waals surface area contributed by atoms with Gasteiger partial charge in [-0.15, -0.1) is 0 Å². The summed E-state index contributed by atoms with van der Waals surface area (Å²) in [7, 11) is 4.61. The van der Waals surface area contributed by atoms with E-state index in [2.05, 4.69) is 34.7 Å². The van der Waals surface area contributed by atoms with Gasteiger partial charge in [-0.1, -0.05) is 43.3 Å². The van der Waals surface area contributed by atoms with Crippen LogP contribution in [0.15, 0.2) is 53.5 Å². The lowest BCUT2D eigenvalue weighted by atomic mass is 10.1. The van der Waals surface area contributed by atoms with Crippen LogP contribution in [0.4, 0.5) is 0 Å².